The molecule has 1 heterocycles. The first-order chi connectivity index (χ1) is 7.58. The zero-order valence-corrected chi connectivity index (χ0v) is 10.5. The number of nitrogens with zero attached hydrogens (tertiary/aromatic N) is 2. The monoisotopic (exact) mass is 243 g/mol. The molecule has 5 nitrogen and oxygen atoms in total. The number of hydrogen-bond acceptors (Lipinski definition) is 4. The van der Waals surface area contributed by atoms with Gasteiger partial charge in [-0.3, -0.25) is 9.48 Å². The number of nitrogens with one attached hydrogen (secondary N) is 1. The summed E-state index contributed by atoms with van der Waals surface area (Å²) >= 11 is 1.53. The quantitative estimate of drug-likeness (QED) is 0.778. The smallest absolute Gasteiger partial charge is 0.254 e. The van der Waals surface area contributed by atoms with Crippen molar-refractivity contribution in [3.63, 3.8) is 0 Å². The van der Waals surface area contributed by atoms with E-state index in [9.17, 15) is 4.79 Å². The summed E-state index contributed by atoms with van der Waals surface area (Å²) in [6.45, 7) is 1.93. The van der Waals surface area contributed by atoms with Crippen LogP contribution in [-0.4, -0.2) is 44.9 Å². The first-order valence-electron chi connectivity index (χ1n) is 5.01. The van der Waals surface area contributed by atoms with Gasteiger partial charge >= 0.3 is 0 Å². The fourth-order valence-electron chi connectivity index (χ4n) is 1.36. The molecular formula is C10H17N3O2S. The molecule has 2 unspecified atom stereocenters. The van der Waals surface area contributed by atoms with Crippen molar-refractivity contribution in [2.75, 3.05) is 12.9 Å². The van der Waals surface area contributed by atoms with Gasteiger partial charge in [0.15, 0.2) is 0 Å². The second kappa shape index (κ2) is 5.91. The van der Waals surface area contributed by atoms with Crippen molar-refractivity contribution >= 4 is 17.7 Å². The number of hydrogen-bond donors (Lipinski definition) is 2. The molecule has 0 fully saturated rings. The van der Waals surface area contributed by atoms with E-state index in [0.29, 0.717) is 5.56 Å². The van der Waals surface area contributed by atoms with Crippen molar-refractivity contribution in [1.82, 2.24) is 15.1 Å². The fraction of sp³-hybridized carbons (Fsp3) is 0.600. The summed E-state index contributed by atoms with van der Waals surface area (Å²) in [5.74, 6) is -0.159. The molecule has 1 rings (SSSR count). The zero-order chi connectivity index (χ0) is 12.1. The third-order valence-corrected chi connectivity index (χ3v) is 3.53. The van der Waals surface area contributed by atoms with Gasteiger partial charge in [-0.05, 0) is 13.2 Å². The maximum atomic E-state index is 11.7. The van der Waals surface area contributed by atoms with Crippen molar-refractivity contribution in [3.05, 3.63) is 18.0 Å². The molecule has 0 saturated heterocycles. The second-order valence-electron chi connectivity index (χ2n) is 3.62. The third kappa shape index (κ3) is 3.24. The van der Waals surface area contributed by atoms with Crippen LogP contribution < -0.4 is 5.32 Å². The average molecular weight is 243 g/mol. The van der Waals surface area contributed by atoms with Gasteiger partial charge in [0.25, 0.3) is 5.91 Å². The average Bonchev–Trinajstić information content (AvgIpc) is 2.66. The van der Waals surface area contributed by atoms with Gasteiger partial charge in [0.05, 0.1) is 18.4 Å². The van der Waals surface area contributed by atoms with Crippen molar-refractivity contribution in [3.8, 4) is 0 Å². The van der Waals surface area contributed by atoms with Crippen LogP contribution in [-0.2, 0) is 7.05 Å². The molecule has 2 atom stereocenters. The molecule has 0 aliphatic heterocycles. The molecule has 0 spiro atoms. The van der Waals surface area contributed by atoms with E-state index < -0.39 is 0 Å². The molecule has 90 valence electrons. The van der Waals surface area contributed by atoms with Crippen LogP contribution >= 0.6 is 11.8 Å². The highest BCUT2D eigenvalue weighted by molar-refractivity contribution is 7.99. The van der Waals surface area contributed by atoms with Crippen LogP contribution in [0.15, 0.2) is 12.4 Å². The maximum Gasteiger partial charge on any atom is 0.254 e. The molecule has 2 N–H and O–H groups in total. The number of aromatic nitrogens is 2. The molecule has 0 radical (unpaired) electrons. The van der Waals surface area contributed by atoms with Gasteiger partial charge in [-0.1, -0.05) is 0 Å². The van der Waals surface area contributed by atoms with Gasteiger partial charge in [0.2, 0.25) is 0 Å². The molecule has 16 heavy (non-hydrogen) atoms. The molecule has 1 aromatic heterocycles. The van der Waals surface area contributed by atoms with E-state index in [4.69, 9.17) is 5.11 Å². The molecule has 0 aliphatic rings. The summed E-state index contributed by atoms with van der Waals surface area (Å²) in [5.41, 5.74) is 0.534. The van der Waals surface area contributed by atoms with Gasteiger partial charge in [-0.25, -0.2) is 0 Å². The van der Waals surface area contributed by atoms with Crippen molar-refractivity contribution in [2.24, 2.45) is 7.05 Å². The highest BCUT2D eigenvalue weighted by Crippen LogP contribution is 2.10. The lowest BCUT2D eigenvalue weighted by atomic mass is 10.2. The van der Waals surface area contributed by atoms with Gasteiger partial charge in [0.1, 0.15) is 0 Å². The van der Waals surface area contributed by atoms with Crippen LogP contribution in [0.2, 0.25) is 0 Å². The van der Waals surface area contributed by atoms with E-state index in [1.807, 2.05) is 13.2 Å². The van der Waals surface area contributed by atoms with Crippen LogP contribution in [0.1, 0.15) is 17.3 Å². The minimum atomic E-state index is -0.159. The van der Waals surface area contributed by atoms with Crippen LogP contribution in [0.5, 0.6) is 0 Å². The Morgan fingerprint density at radius 2 is 2.44 bits per heavy atom. The molecule has 0 bridgehead atoms. The summed E-state index contributed by atoms with van der Waals surface area (Å²) in [7, 11) is 1.76. The van der Waals surface area contributed by atoms with Crippen molar-refractivity contribution in [1.29, 1.82) is 0 Å². The minimum Gasteiger partial charge on any atom is -0.395 e. The molecule has 1 amide bonds. The number of amides is 1. The predicted octanol–water partition coefficient (Wildman–Crippen LogP) is 0.262. The minimum absolute atomic E-state index is 0.0145. The highest BCUT2D eigenvalue weighted by Gasteiger charge is 2.18. The predicted molar refractivity (Wildman–Crippen MR) is 64.5 cm³/mol. The molecule has 6 heteroatoms. The Labute approximate surface area is 99.2 Å². The number of rotatable bonds is 5. The van der Waals surface area contributed by atoms with Crippen molar-refractivity contribution < 1.29 is 9.90 Å². The van der Waals surface area contributed by atoms with Crippen LogP contribution in [0.4, 0.5) is 0 Å². The number of aliphatic hydroxyl groups excluding tert-OH is 1. The summed E-state index contributed by atoms with van der Waals surface area (Å²) in [4.78, 5) is 11.7. The Morgan fingerprint density at radius 1 is 1.75 bits per heavy atom. The van der Waals surface area contributed by atoms with E-state index >= 15 is 0 Å². The Bertz CT molecular complexity index is 350. The number of thioether (sulfide) groups is 1. The van der Waals surface area contributed by atoms with E-state index in [-0.39, 0.29) is 23.8 Å². The second-order valence-corrected chi connectivity index (χ2v) is 4.70. The highest BCUT2D eigenvalue weighted by atomic mass is 32.2. The number of carbonyl (C=O) groups excluding carboxylic acids is 1. The fourth-order valence-corrected chi connectivity index (χ4v) is 1.98. The van der Waals surface area contributed by atoms with E-state index in [1.165, 1.54) is 18.0 Å². The van der Waals surface area contributed by atoms with Gasteiger partial charge in [0, 0.05) is 24.5 Å². The first kappa shape index (κ1) is 13.1. The normalized spacial score (nSPS) is 14.5. The van der Waals surface area contributed by atoms with Crippen LogP contribution in [0.3, 0.4) is 0 Å². The first-order valence-corrected chi connectivity index (χ1v) is 6.30. The topological polar surface area (TPSA) is 67.2 Å². The molecule has 0 saturated carbocycles. The van der Waals surface area contributed by atoms with E-state index in [2.05, 4.69) is 10.4 Å². The molecule has 1 aromatic rings. The van der Waals surface area contributed by atoms with E-state index in [0.717, 1.165) is 0 Å². The number of aliphatic hydroxyl groups is 1. The third-order valence-electron chi connectivity index (χ3n) is 2.37. The van der Waals surface area contributed by atoms with Gasteiger partial charge < -0.3 is 10.4 Å². The zero-order valence-electron chi connectivity index (χ0n) is 9.67. The summed E-state index contributed by atoms with van der Waals surface area (Å²) in [5, 5.41) is 15.9. The Balaban J connectivity index is 2.57. The van der Waals surface area contributed by atoms with Crippen LogP contribution in [0, 0.1) is 0 Å². The standard InChI is InChI=1S/C10H17N3O2S/c1-7(9(6-14)16-3)12-10(15)8-4-11-13(2)5-8/h4-5,7,9,14H,6H2,1-3H3,(H,12,15). The summed E-state index contributed by atoms with van der Waals surface area (Å²) < 4.78 is 1.58. The van der Waals surface area contributed by atoms with Crippen LogP contribution in [0.25, 0.3) is 0 Å². The molecule has 0 aliphatic carbocycles. The lowest BCUT2D eigenvalue weighted by Crippen LogP contribution is -2.41. The SMILES string of the molecule is CSC(CO)C(C)NC(=O)c1cnn(C)c1. The molecular weight excluding hydrogens is 226 g/mol. The Morgan fingerprint density at radius 3 is 2.88 bits per heavy atom. The molecule has 0 aromatic carbocycles. The van der Waals surface area contributed by atoms with Gasteiger partial charge in [-0.15, -0.1) is 0 Å². The lowest BCUT2D eigenvalue weighted by Gasteiger charge is -2.20. The summed E-state index contributed by atoms with van der Waals surface area (Å²) in [6, 6.07) is -0.0762. The van der Waals surface area contributed by atoms with Gasteiger partial charge in [-0.2, -0.15) is 16.9 Å². The maximum absolute atomic E-state index is 11.7. The number of aryl methyl sites for hydroxylation is 1. The van der Waals surface area contributed by atoms with Crippen molar-refractivity contribution in [2.45, 2.75) is 18.2 Å². The van der Waals surface area contributed by atoms with E-state index in [1.54, 1.807) is 17.9 Å². The largest absolute Gasteiger partial charge is 0.395 e. The Hall–Kier alpha value is -1.01. The number of carbonyl (C=O) groups is 1. The lowest BCUT2D eigenvalue weighted by molar-refractivity contribution is 0.0936. The Kier molecular flexibility index (Phi) is 4.82. The summed E-state index contributed by atoms with van der Waals surface area (Å²) in [6.07, 6.45) is 5.10.